The molecule has 2 nitrogen and oxygen atoms in total. The molecule has 0 spiro atoms. The molecule has 0 fully saturated rings. The number of rotatable bonds is 5. The van der Waals surface area contributed by atoms with E-state index in [-0.39, 0.29) is 0 Å². The van der Waals surface area contributed by atoms with Gasteiger partial charge in [0.1, 0.15) is 11.8 Å². The molecule has 17 heavy (non-hydrogen) atoms. The Labute approximate surface area is 104 Å². The van der Waals surface area contributed by atoms with Gasteiger partial charge in [-0.1, -0.05) is 6.08 Å². The van der Waals surface area contributed by atoms with Crippen LogP contribution in [0.1, 0.15) is 49.1 Å². The second-order valence-corrected chi connectivity index (χ2v) is 4.76. The van der Waals surface area contributed by atoms with Gasteiger partial charge >= 0.3 is 0 Å². The van der Waals surface area contributed by atoms with Gasteiger partial charge in [0.05, 0.1) is 0 Å². The summed E-state index contributed by atoms with van der Waals surface area (Å²) in [6.07, 6.45) is 10.2. The average Bonchev–Trinajstić information content (AvgIpc) is 2.73. The molecule has 0 amide bonds. The third kappa shape index (κ3) is 2.61. The second-order valence-electron chi connectivity index (χ2n) is 4.76. The van der Waals surface area contributed by atoms with Gasteiger partial charge in [-0.2, -0.15) is 5.26 Å². The lowest BCUT2D eigenvalue weighted by molar-refractivity contribution is 0.565. The zero-order valence-electron chi connectivity index (χ0n) is 10.4. The summed E-state index contributed by atoms with van der Waals surface area (Å²) in [6.45, 7) is 4.73. The van der Waals surface area contributed by atoms with Crippen molar-refractivity contribution in [3.05, 3.63) is 35.7 Å². The molecule has 0 bridgehead atoms. The van der Waals surface area contributed by atoms with Crippen molar-refractivity contribution in [3.63, 3.8) is 0 Å². The van der Waals surface area contributed by atoms with Gasteiger partial charge in [-0.05, 0) is 56.6 Å². The van der Waals surface area contributed by atoms with Crippen LogP contribution in [-0.2, 0) is 19.4 Å². The lowest BCUT2D eigenvalue weighted by atomic mass is 9.98. The molecule has 0 atom stereocenters. The van der Waals surface area contributed by atoms with Gasteiger partial charge in [-0.25, -0.2) is 0 Å². The molecular weight excluding hydrogens is 208 g/mol. The Morgan fingerprint density at radius 1 is 1.35 bits per heavy atom. The molecule has 2 rings (SSSR count). The van der Waals surface area contributed by atoms with E-state index >= 15 is 0 Å². The molecule has 1 heterocycles. The van der Waals surface area contributed by atoms with E-state index in [1.165, 1.54) is 30.5 Å². The first-order chi connectivity index (χ1) is 8.36. The van der Waals surface area contributed by atoms with Crippen molar-refractivity contribution in [3.8, 4) is 6.07 Å². The van der Waals surface area contributed by atoms with Crippen LogP contribution in [-0.4, -0.2) is 4.57 Å². The Kier molecular flexibility index (Phi) is 4.03. The van der Waals surface area contributed by atoms with E-state index < -0.39 is 0 Å². The standard InChI is InChI=1S/C15H20N2/c1-2-3-4-7-10-17-14(12-16)11-13-8-5-6-9-15(13)17/h2,11H,1,3-10H2. The van der Waals surface area contributed by atoms with E-state index in [2.05, 4.69) is 23.3 Å². The maximum atomic E-state index is 9.18. The molecule has 0 saturated carbocycles. The van der Waals surface area contributed by atoms with Gasteiger partial charge in [0, 0.05) is 12.2 Å². The number of aryl methyl sites for hydroxylation is 1. The van der Waals surface area contributed by atoms with Gasteiger partial charge in [0.15, 0.2) is 0 Å². The van der Waals surface area contributed by atoms with Crippen molar-refractivity contribution in [2.24, 2.45) is 0 Å². The predicted molar refractivity (Wildman–Crippen MR) is 69.8 cm³/mol. The summed E-state index contributed by atoms with van der Waals surface area (Å²) in [7, 11) is 0. The molecular formula is C15H20N2. The average molecular weight is 228 g/mol. The molecule has 1 aliphatic carbocycles. The minimum atomic E-state index is 0.857. The summed E-state index contributed by atoms with van der Waals surface area (Å²) < 4.78 is 2.25. The Morgan fingerprint density at radius 2 is 2.18 bits per heavy atom. The number of nitriles is 1. The van der Waals surface area contributed by atoms with Crippen LogP contribution in [0.3, 0.4) is 0 Å². The van der Waals surface area contributed by atoms with E-state index in [4.69, 9.17) is 0 Å². The largest absolute Gasteiger partial charge is 0.336 e. The van der Waals surface area contributed by atoms with Crippen molar-refractivity contribution in [2.45, 2.75) is 51.5 Å². The molecule has 1 aliphatic rings. The highest BCUT2D eigenvalue weighted by Crippen LogP contribution is 2.25. The highest BCUT2D eigenvalue weighted by molar-refractivity contribution is 5.36. The topological polar surface area (TPSA) is 28.7 Å². The smallest absolute Gasteiger partial charge is 0.120 e. The summed E-state index contributed by atoms with van der Waals surface area (Å²) in [5, 5.41) is 9.18. The van der Waals surface area contributed by atoms with Crippen LogP contribution in [0.2, 0.25) is 0 Å². The Hall–Kier alpha value is -1.49. The lowest BCUT2D eigenvalue weighted by Crippen LogP contribution is -2.09. The van der Waals surface area contributed by atoms with Crippen molar-refractivity contribution >= 4 is 0 Å². The van der Waals surface area contributed by atoms with Crippen LogP contribution in [0.25, 0.3) is 0 Å². The van der Waals surface area contributed by atoms with Crippen LogP contribution >= 0.6 is 0 Å². The highest BCUT2D eigenvalue weighted by Gasteiger charge is 2.17. The van der Waals surface area contributed by atoms with Crippen molar-refractivity contribution < 1.29 is 0 Å². The molecule has 1 aromatic rings. The lowest BCUT2D eigenvalue weighted by Gasteiger charge is -2.15. The van der Waals surface area contributed by atoms with Crippen molar-refractivity contribution in [1.82, 2.24) is 4.57 Å². The van der Waals surface area contributed by atoms with Gasteiger partial charge in [0.25, 0.3) is 0 Å². The van der Waals surface area contributed by atoms with E-state index in [0.29, 0.717) is 0 Å². The molecule has 2 heteroatoms. The maximum absolute atomic E-state index is 9.18. The zero-order valence-corrected chi connectivity index (χ0v) is 10.4. The first-order valence-electron chi connectivity index (χ1n) is 6.59. The van der Waals surface area contributed by atoms with Crippen LogP contribution in [0.5, 0.6) is 0 Å². The fourth-order valence-corrected chi connectivity index (χ4v) is 2.67. The fourth-order valence-electron chi connectivity index (χ4n) is 2.67. The minimum absolute atomic E-state index is 0.857. The molecule has 0 unspecified atom stereocenters. The number of aromatic nitrogens is 1. The Balaban J connectivity index is 2.11. The van der Waals surface area contributed by atoms with Gasteiger partial charge in [-0.3, -0.25) is 0 Å². The molecule has 0 radical (unpaired) electrons. The molecule has 0 aliphatic heterocycles. The number of nitrogens with zero attached hydrogens (tertiary/aromatic N) is 2. The van der Waals surface area contributed by atoms with Gasteiger partial charge < -0.3 is 4.57 Å². The molecule has 1 aromatic heterocycles. The van der Waals surface area contributed by atoms with E-state index in [1.807, 2.05) is 6.08 Å². The number of fused-ring (bicyclic) bond motifs is 1. The number of allylic oxidation sites excluding steroid dienone is 1. The minimum Gasteiger partial charge on any atom is -0.336 e. The molecule has 0 saturated heterocycles. The predicted octanol–water partition coefficient (Wildman–Crippen LogP) is 3.59. The number of hydrogen-bond donors (Lipinski definition) is 0. The monoisotopic (exact) mass is 228 g/mol. The van der Waals surface area contributed by atoms with Crippen LogP contribution in [0, 0.1) is 11.3 Å². The van der Waals surface area contributed by atoms with Crippen LogP contribution in [0.15, 0.2) is 18.7 Å². The van der Waals surface area contributed by atoms with E-state index in [9.17, 15) is 5.26 Å². The van der Waals surface area contributed by atoms with E-state index in [1.54, 1.807) is 0 Å². The van der Waals surface area contributed by atoms with Gasteiger partial charge in [-0.15, -0.1) is 6.58 Å². The van der Waals surface area contributed by atoms with Gasteiger partial charge in [0.2, 0.25) is 0 Å². The van der Waals surface area contributed by atoms with Crippen LogP contribution in [0.4, 0.5) is 0 Å². The Morgan fingerprint density at radius 3 is 2.94 bits per heavy atom. The van der Waals surface area contributed by atoms with Crippen molar-refractivity contribution in [1.29, 1.82) is 5.26 Å². The number of unbranched alkanes of at least 4 members (excludes halogenated alkanes) is 2. The molecule has 0 N–H and O–H groups in total. The highest BCUT2D eigenvalue weighted by atomic mass is 15.0. The fraction of sp³-hybridized carbons (Fsp3) is 0.533. The van der Waals surface area contributed by atoms with Crippen LogP contribution < -0.4 is 0 Å². The third-order valence-electron chi connectivity index (χ3n) is 3.56. The normalized spacial score (nSPS) is 14.1. The molecule has 0 aromatic carbocycles. The SMILES string of the molecule is C=CCCCCn1c(C#N)cc2c1CCCC2. The third-order valence-corrected chi connectivity index (χ3v) is 3.56. The quantitative estimate of drug-likeness (QED) is 0.559. The first kappa shape index (κ1) is 12.0. The second kappa shape index (κ2) is 5.72. The van der Waals surface area contributed by atoms with Crippen molar-refractivity contribution in [2.75, 3.05) is 0 Å². The summed E-state index contributed by atoms with van der Waals surface area (Å²) in [5.41, 5.74) is 3.69. The Bertz CT molecular complexity index is 435. The summed E-state index contributed by atoms with van der Waals surface area (Å²) >= 11 is 0. The maximum Gasteiger partial charge on any atom is 0.120 e. The first-order valence-corrected chi connectivity index (χ1v) is 6.59. The number of hydrogen-bond acceptors (Lipinski definition) is 1. The zero-order chi connectivity index (χ0) is 12.1. The summed E-state index contributed by atoms with van der Waals surface area (Å²) in [4.78, 5) is 0. The van der Waals surface area contributed by atoms with E-state index in [0.717, 1.165) is 37.9 Å². The summed E-state index contributed by atoms with van der Waals surface area (Å²) in [5.74, 6) is 0. The summed E-state index contributed by atoms with van der Waals surface area (Å²) in [6, 6.07) is 4.44. The molecule has 90 valence electrons.